The Bertz CT molecular complexity index is 1150. The molecule has 0 aromatic carbocycles. The number of hydrogen-bond acceptors (Lipinski definition) is 4. The molecule has 0 fully saturated rings. The molecule has 0 bridgehead atoms. The molecular weight excluding hydrogens is 414 g/mol. The molecule has 3 N–H and O–H groups in total. The van der Waals surface area contributed by atoms with Gasteiger partial charge >= 0.3 is 6.03 Å². The fraction of sp³-hybridized carbons (Fsp3) is 0.526. The van der Waals surface area contributed by atoms with E-state index in [2.05, 4.69) is 14.8 Å². The summed E-state index contributed by atoms with van der Waals surface area (Å²) in [5.41, 5.74) is 4.09. The molecule has 0 saturated carbocycles. The fourth-order valence-electron chi connectivity index (χ4n) is 4.73. The number of carbonyl (C=O) groups is 1. The van der Waals surface area contributed by atoms with Crippen LogP contribution in [0.4, 0.5) is 19.3 Å². The first-order chi connectivity index (χ1) is 14.3. The number of pyridine rings is 1. The Labute approximate surface area is 172 Å². The maximum Gasteiger partial charge on any atom is 0.354 e. The van der Waals surface area contributed by atoms with Crippen molar-refractivity contribution in [1.29, 1.82) is 0 Å². The smallest absolute Gasteiger partial charge is 0.305 e. The number of anilines is 1. The summed E-state index contributed by atoms with van der Waals surface area (Å²) in [7, 11) is -3.89. The van der Waals surface area contributed by atoms with Gasteiger partial charge in [-0.25, -0.2) is 14.1 Å². The van der Waals surface area contributed by atoms with Crippen LogP contribution in [0.15, 0.2) is 15.5 Å². The van der Waals surface area contributed by atoms with Crippen molar-refractivity contribution in [3.63, 3.8) is 0 Å². The number of amides is 2. The summed E-state index contributed by atoms with van der Waals surface area (Å²) in [5.74, 6) is -3.22. The van der Waals surface area contributed by atoms with Crippen LogP contribution in [0.25, 0.3) is 0 Å². The molecule has 3 aliphatic rings. The van der Waals surface area contributed by atoms with Crippen molar-refractivity contribution in [3.05, 3.63) is 34.4 Å². The maximum atomic E-state index is 14.4. The molecule has 0 spiro atoms. The zero-order valence-electron chi connectivity index (χ0n) is 16.3. The lowest BCUT2D eigenvalue weighted by Crippen LogP contribution is -2.29. The molecule has 1 atom stereocenters. The highest BCUT2D eigenvalue weighted by Gasteiger charge is 2.42. The van der Waals surface area contributed by atoms with E-state index in [-0.39, 0.29) is 24.3 Å². The molecule has 2 aromatic heterocycles. The van der Waals surface area contributed by atoms with Gasteiger partial charge in [-0.15, -0.1) is 4.36 Å². The molecule has 0 radical (unpaired) electrons. The van der Waals surface area contributed by atoms with Crippen molar-refractivity contribution in [2.75, 3.05) is 5.32 Å². The van der Waals surface area contributed by atoms with Gasteiger partial charge in [-0.2, -0.15) is 13.9 Å². The molecule has 30 heavy (non-hydrogen) atoms. The van der Waals surface area contributed by atoms with Gasteiger partial charge in [-0.1, -0.05) is 0 Å². The Balaban J connectivity index is 1.51. The molecule has 2 aliphatic carbocycles. The molecule has 160 valence electrons. The number of nitrogens with two attached hydrogens (primary N) is 1. The van der Waals surface area contributed by atoms with Crippen molar-refractivity contribution < 1.29 is 17.8 Å². The highest BCUT2D eigenvalue weighted by atomic mass is 32.2. The SMILES string of the molecule is NS(=O)(=NC(=O)Nc1c2c(nc3c1CCC3)CCC2)c1cnn2c1C(F)(F)CCC2. The monoisotopic (exact) mass is 436 g/mol. The van der Waals surface area contributed by atoms with Gasteiger partial charge in [-0.05, 0) is 56.1 Å². The molecular formula is C19H22F2N6O2S. The Morgan fingerprint density at radius 1 is 1.17 bits per heavy atom. The van der Waals surface area contributed by atoms with E-state index in [0.717, 1.165) is 71.9 Å². The summed E-state index contributed by atoms with van der Waals surface area (Å²) in [6, 6.07) is -0.907. The van der Waals surface area contributed by atoms with E-state index in [1.54, 1.807) is 0 Å². The fourth-order valence-corrected chi connectivity index (χ4v) is 5.85. The zero-order valence-corrected chi connectivity index (χ0v) is 17.1. The topological polar surface area (TPSA) is 115 Å². The van der Waals surface area contributed by atoms with Crippen LogP contribution in [0.1, 0.15) is 53.9 Å². The average Bonchev–Trinajstić information content (AvgIpc) is 3.39. The lowest BCUT2D eigenvalue weighted by atomic mass is 10.1. The number of nitrogens with zero attached hydrogens (tertiary/aromatic N) is 4. The molecule has 5 rings (SSSR count). The Morgan fingerprint density at radius 3 is 2.50 bits per heavy atom. The number of aryl methyl sites for hydroxylation is 3. The Kier molecular flexibility index (Phi) is 4.44. The van der Waals surface area contributed by atoms with Gasteiger partial charge in [0.2, 0.25) is 0 Å². The summed E-state index contributed by atoms with van der Waals surface area (Å²) in [6.45, 7) is 0.280. The standard InChI is InChI=1S/C19H22F2N6O2S/c20-19(21)8-3-9-27-17(19)15(10-23-27)30(22,29)26-18(28)25-16-11-4-1-6-13(11)24-14-7-2-5-12(14)16/h10H,1-9H2,(H3,22,24,25,26,28,29). The minimum absolute atomic E-state index is 0.253. The van der Waals surface area contributed by atoms with E-state index in [1.807, 2.05) is 0 Å². The molecule has 11 heteroatoms. The summed E-state index contributed by atoms with van der Waals surface area (Å²) < 4.78 is 46.6. The van der Waals surface area contributed by atoms with Crippen molar-refractivity contribution in [2.24, 2.45) is 9.50 Å². The van der Waals surface area contributed by atoms with Gasteiger partial charge in [0, 0.05) is 24.4 Å². The molecule has 2 amide bonds. The number of rotatable bonds is 2. The lowest BCUT2D eigenvalue weighted by Gasteiger charge is -2.24. The number of alkyl halides is 2. The van der Waals surface area contributed by atoms with Crippen LogP contribution in [0.2, 0.25) is 0 Å². The zero-order chi connectivity index (χ0) is 21.1. The first-order valence-electron chi connectivity index (χ1n) is 10.1. The van der Waals surface area contributed by atoms with Crippen LogP contribution in [0.3, 0.4) is 0 Å². The van der Waals surface area contributed by atoms with Gasteiger partial charge in [0.1, 0.15) is 20.5 Å². The van der Waals surface area contributed by atoms with Crippen molar-refractivity contribution in [2.45, 2.75) is 68.7 Å². The van der Waals surface area contributed by atoms with E-state index in [1.165, 1.54) is 0 Å². The molecule has 0 saturated heterocycles. The number of urea groups is 1. The molecule has 8 nitrogen and oxygen atoms in total. The Morgan fingerprint density at radius 2 is 1.83 bits per heavy atom. The summed E-state index contributed by atoms with van der Waals surface area (Å²) in [6.07, 6.45) is 6.12. The van der Waals surface area contributed by atoms with Crippen LogP contribution < -0.4 is 10.5 Å². The normalized spacial score (nSPS) is 20.8. The van der Waals surface area contributed by atoms with Crippen LogP contribution in [0, 0.1) is 0 Å². The first kappa shape index (κ1) is 19.6. The quantitative estimate of drug-likeness (QED) is 0.753. The number of hydrogen-bond donors (Lipinski definition) is 2. The van der Waals surface area contributed by atoms with E-state index >= 15 is 0 Å². The van der Waals surface area contributed by atoms with E-state index in [4.69, 9.17) is 10.1 Å². The first-order valence-corrected chi connectivity index (χ1v) is 11.7. The predicted octanol–water partition coefficient (Wildman–Crippen LogP) is 3.07. The van der Waals surface area contributed by atoms with Gasteiger partial charge in [0.05, 0.1) is 11.9 Å². The largest absolute Gasteiger partial charge is 0.354 e. The number of aromatic nitrogens is 3. The number of halogens is 2. The predicted molar refractivity (Wildman–Crippen MR) is 106 cm³/mol. The Hall–Kier alpha value is -2.40. The second kappa shape index (κ2) is 6.81. The van der Waals surface area contributed by atoms with Crippen molar-refractivity contribution in [1.82, 2.24) is 14.8 Å². The molecule has 1 unspecified atom stereocenters. The van der Waals surface area contributed by atoms with Gasteiger partial charge in [0.25, 0.3) is 5.92 Å². The van der Waals surface area contributed by atoms with Gasteiger partial charge < -0.3 is 5.32 Å². The summed E-state index contributed by atoms with van der Waals surface area (Å²) in [4.78, 5) is 17.0. The third-order valence-corrected chi connectivity index (χ3v) is 7.40. The third-order valence-electron chi connectivity index (χ3n) is 6.03. The second-order valence-electron chi connectivity index (χ2n) is 8.02. The van der Waals surface area contributed by atoms with E-state index < -0.39 is 27.6 Å². The highest BCUT2D eigenvalue weighted by Crippen LogP contribution is 2.40. The maximum absolute atomic E-state index is 14.4. The van der Waals surface area contributed by atoms with Crippen LogP contribution in [0.5, 0.6) is 0 Å². The molecule has 2 aromatic rings. The van der Waals surface area contributed by atoms with Crippen LogP contribution in [-0.2, 0) is 48.1 Å². The van der Waals surface area contributed by atoms with E-state index in [9.17, 15) is 17.8 Å². The number of carbonyl (C=O) groups excluding carboxylic acids is 1. The van der Waals surface area contributed by atoms with Crippen LogP contribution in [-0.4, -0.2) is 25.0 Å². The molecule has 1 aliphatic heterocycles. The lowest BCUT2D eigenvalue weighted by molar-refractivity contribution is -0.0393. The number of nitrogens with one attached hydrogen (secondary N) is 1. The van der Waals surface area contributed by atoms with E-state index in [0.29, 0.717) is 5.69 Å². The average molecular weight is 436 g/mol. The third kappa shape index (κ3) is 3.11. The van der Waals surface area contributed by atoms with Gasteiger partial charge in [0.15, 0.2) is 0 Å². The highest BCUT2D eigenvalue weighted by molar-refractivity contribution is 7.91. The van der Waals surface area contributed by atoms with Gasteiger partial charge in [-0.3, -0.25) is 9.67 Å². The van der Waals surface area contributed by atoms with Crippen LogP contribution >= 0.6 is 0 Å². The molecule has 3 heterocycles. The summed E-state index contributed by atoms with van der Waals surface area (Å²) in [5, 5.41) is 12.4. The van der Waals surface area contributed by atoms with Crippen molar-refractivity contribution in [3.8, 4) is 0 Å². The number of fused-ring (bicyclic) bond motifs is 3. The minimum atomic E-state index is -3.89. The minimum Gasteiger partial charge on any atom is -0.305 e. The second-order valence-corrected chi connectivity index (χ2v) is 9.78. The summed E-state index contributed by atoms with van der Waals surface area (Å²) >= 11 is 0. The van der Waals surface area contributed by atoms with Crippen molar-refractivity contribution >= 4 is 21.6 Å².